The number of hydrogen-bond donors (Lipinski definition) is 1. The van der Waals surface area contributed by atoms with E-state index in [-0.39, 0.29) is 17.9 Å². The molecule has 0 aromatic heterocycles. The largest absolute Gasteiger partial charge is 0.378 e. The van der Waals surface area contributed by atoms with Crippen molar-refractivity contribution in [1.82, 2.24) is 10.2 Å². The van der Waals surface area contributed by atoms with Gasteiger partial charge in [0.25, 0.3) is 5.91 Å². The standard InChI is InChI=1S/C18H27N3O2/c1-4-6-17(22)21-11-9-15(10-12-21)19-18(23)14-7-5-8-16(13-14)20(2)3/h5,7-8,13,15H,4,6,9-12H2,1-3H3,(H,19,23). The van der Waals surface area contributed by atoms with E-state index in [1.54, 1.807) is 0 Å². The van der Waals surface area contributed by atoms with Crippen molar-refractivity contribution >= 4 is 17.5 Å². The first-order valence-corrected chi connectivity index (χ1v) is 8.37. The van der Waals surface area contributed by atoms with Crippen molar-refractivity contribution in [2.45, 2.75) is 38.6 Å². The lowest BCUT2D eigenvalue weighted by atomic mass is 10.0. The number of nitrogens with zero attached hydrogens (tertiary/aromatic N) is 2. The van der Waals surface area contributed by atoms with Crippen molar-refractivity contribution in [3.63, 3.8) is 0 Å². The Kier molecular flexibility index (Phi) is 6.02. The Morgan fingerprint density at radius 3 is 2.57 bits per heavy atom. The van der Waals surface area contributed by atoms with Gasteiger partial charge in [-0.25, -0.2) is 0 Å². The van der Waals surface area contributed by atoms with E-state index in [9.17, 15) is 9.59 Å². The molecular weight excluding hydrogens is 290 g/mol. The Balaban J connectivity index is 1.87. The summed E-state index contributed by atoms with van der Waals surface area (Å²) in [5, 5.41) is 3.10. The Bertz CT molecular complexity index is 549. The molecule has 0 saturated carbocycles. The maximum absolute atomic E-state index is 12.4. The van der Waals surface area contributed by atoms with E-state index >= 15 is 0 Å². The van der Waals surface area contributed by atoms with Crippen molar-refractivity contribution in [2.75, 3.05) is 32.1 Å². The van der Waals surface area contributed by atoms with Crippen LogP contribution in [0.2, 0.25) is 0 Å². The Morgan fingerprint density at radius 2 is 1.96 bits per heavy atom. The smallest absolute Gasteiger partial charge is 0.251 e. The predicted octanol–water partition coefficient (Wildman–Crippen LogP) is 2.27. The number of hydrogen-bond acceptors (Lipinski definition) is 3. The predicted molar refractivity (Wildman–Crippen MR) is 92.7 cm³/mol. The van der Waals surface area contributed by atoms with Crippen LogP contribution in [0.5, 0.6) is 0 Å². The molecule has 2 rings (SSSR count). The van der Waals surface area contributed by atoms with Gasteiger partial charge in [0.05, 0.1) is 0 Å². The minimum Gasteiger partial charge on any atom is -0.378 e. The molecule has 1 heterocycles. The number of amides is 2. The maximum atomic E-state index is 12.4. The minimum absolute atomic E-state index is 0.0352. The third-order valence-corrected chi connectivity index (χ3v) is 4.27. The summed E-state index contributed by atoms with van der Waals surface area (Å²) in [7, 11) is 3.92. The first-order chi connectivity index (χ1) is 11.0. The fourth-order valence-corrected chi connectivity index (χ4v) is 2.84. The molecule has 0 radical (unpaired) electrons. The van der Waals surface area contributed by atoms with Crippen LogP contribution in [0.25, 0.3) is 0 Å². The van der Waals surface area contributed by atoms with Crippen molar-refractivity contribution in [3.8, 4) is 0 Å². The van der Waals surface area contributed by atoms with E-state index in [1.807, 2.05) is 55.1 Å². The quantitative estimate of drug-likeness (QED) is 0.906. The third kappa shape index (κ3) is 4.71. The van der Waals surface area contributed by atoms with E-state index in [2.05, 4.69) is 5.32 Å². The Hall–Kier alpha value is -2.04. The number of piperidine rings is 1. The lowest BCUT2D eigenvalue weighted by molar-refractivity contribution is -0.132. The summed E-state index contributed by atoms with van der Waals surface area (Å²) < 4.78 is 0. The molecule has 2 amide bonds. The van der Waals surface area contributed by atoms with Gasteiger partial charge < -0.3 is 15.1 Å². The number of rotatable bonds is 5. The van der Waals surface area contributed by atoms with E-state index in [0.717, 1.165) is 38.0 Å². The van der Waals surface area contributed by atoms with E-state index in [0.29, 0.717) is 12.0 Å². The van der Waals surface area contributed by atoms with Crippen LogP contribution in [0.3, 0.4) is 0 Å². The van der Waals surface area contributed by atoms with E-state index < -0.39 is 0 Å². The molecule has 23 heavy (non-hydrogen) atoms. The number of anilines is 1. The summed E-state index contributed by atoms with van der Waals surface area (Å²) in [6.45, 7) is 3.50. The van der Waals surface area contributed by atoms with Crippen molar-refractivity contribution in [1.29, 1.82) is 0 Å². The average Bonchev–Trinajstić information content (AvgIpc) is 2.55. The van der Waals surface area contributed by atoms with Gasteiger partial charge in [-0.1, -0.05) is 13.0 Å². The zero-order valence-corrected chi connectivity index (χ0v) is 14.3. The second kappa shape index (κ2) is 7.99. The molecule has 5 heteroatoms. The zero-order chi connectivity index (χ0) is 16.8. The van der Waals surface area contributed by atoms with Crippen LogP contribution in [0, 0.1) is 0 Å². The monoisotopic (exact) mass is 317 g/mol. The summed E-state index contributed by atoms with van der Waals surface area (Å²) in [5.74, 6) is 0.197. The molecule has 1 saturated heterocycles. The Labute approximate surface area is 138 Å². The third-order valence-electron chi connectivity index (χ3n) is 4.27. The highest BCUT2D eigenvalue weighted by Crippen LogP contribution is 2.16. The number of likely N-dealkylation sites (tertiary alicyclic amines) is 1. The average molecular weight is 317 g/mol. The highest BCUT2D eigenvalue weighted by Gasteiger charge is 2.23. The summed E-state index contributed by atoms with van der Waals surface area (Å²) in [6.07, 6.45) is 3.16. The number of carbonyl (C=O) groups is 2. The first kappa shape index (κ1) is 17.3. The molecule has 5 nitrogen and oxygen atoms in total. The number of carbonyl (C=O) groups excluding carboxylic acids is 2. The van der Waals surface area contributed by atoms with Crippen LogP contribution in [-0.4, -0.2) is 49.9 Å². The molecule has 0 aliphatic carbocycles. The lowest BCUT2D eigenvalue weighted by Gasteiger charge is -2.32. The molecule has 0 spiro atoms. The van der Waals surface area contributed by atoms with Crippen LogP contribution >= 0.6 is 0 Å². The zero-order valence-electron chi connectivity index (χ0n) is 14.3. The van der Waals surface area contributed by atoms with E-state index in [1.165, 1.54) is 0 Å². The number of benzene rings is 1. The molecular formula is C18H27N3O2. The van der Waals surface area contributed by atoms with Crippen molar-refractivity contribution in [2.24, 2.45) is 0 Å². The van der Waals surface area contributed by atoms with Gasteiger partial charge in [-0.2, -0.15) is 0 Å². The molecule has 1 fully saturated rings. The minimum atomic E-state index is -0.0352. The summed E-state index contributed by atoms with van der Waals surface area (Å²) in [5.41, 5.74) is 1.69. The van der Waals surface area contributed by atoms with Gasteiger partial charge in [0.1, 0.15) is 0 Å². The van der Waals surface area contributed by atoms with Gasteiger partial charge in [0.15, 0.2) is 0 Å². The Morgan fingerprint density at radius 1 is 1.26 bits per heavy atom. The van der Waals surface area contributed by atoms with Gasteiger partial charge >= 0.3 is 0 Å². The van der Waals surface area contributed by atoms with E-state index in [4.69, 9.17) is 0 Å². The summed E-state index contributed by atoms with van der Waals surface area (Å²) >= 11 is 0. The number of nitrogens with one attached hydrogen (secondary N) is 1. The molecule has 1 aliphatic heterocycles. The van der Waals surface area contributed by atoms with Gasteiger partial charge in [-0.15, -0.1) is 0 Å². The van der Waals surface area contributed by atoms with Gasteiger partial charge in [0.2, 0.25) is 5.91 Å². The lowest BCUT2D eigenvalue weighted by Crippen LogP contribution is -2.46. The fraction of sp³-hybridized carbons (Fsp3) is 0.556. The van der Waals surface area contributed by atoms with Crippen LogP contribution in [0.15, 0.2) is 24.3 Å². The molecule has 0 unspecified atom stereocenters. The molecule has 0 atom stereocenters. The normalized spacial score (nSPS) is 15.3. The summed E-state index contributed by atoms with van der Waals surface area (Å²) in [4.78, 5) is 28.2. The van der Waals surface area contributed by atoms with Crippen LogP contribution in [0.4, 0.5) is 5.69 Å². The highest BCUT2D eigenvalue weighted by atomic mass is 16.2. The molecule has 1 N–H and O–H groups in total. The van der Waals surface area contributed by atoms with Crippen LogP contribution in [-0.2, 0) is 4.79 Å². The van der Waals surface area contributed by atoms with Crippen LogP contribution < -0.4 is 10.2 Å². The van der Waals surface area contributed by atoms with Crippen LogP contribution in [0.1, 0.15) is 43.0 Å². The van der Waals surface area contributed by atoms with Crippen molar-refractivity contribution in [3.05, 3.63) is 29.8 Å². The second-order valence-electron chi connectivity index (χ2n) is 6.32. The highest BCUT2D eigenvalue weighted by molar-refractivity contribution is 5.95. The molecule has 1 aliphatic rings. The fourth-order valence-electron chi connectivity index (χ4n) is 2.84. The van der Waals surface area contributed by atoms with Crippen molar-refractivity contribution < 1.29 is 9.59 Å². The summed E-state index contributed by atoms with van der Waals surface area (Å²) in [6, 6.07) is 7.76. The van der Waals surface area contributed by atoms with Gasteiger partial charge in [0, 0.05) is 50.9 Å². The topological polar surface area (TPSA) is 52.7 Å². The molecule has 126 valence electrons. The second-order valence-corrected chi connectivity index (χ2v) is 6.32. The molecule has 1 aromatic rings. The first-order valence-electron chi connectivity index (χ1n) is 8.37. The van der Waals surface area contributed by atoms with Gasteiger partial charge in [-0.3, -0.25) is 9.59 Å². The van der Waals surface area contributed by atoms with Gasteiger partial charge in [-0.05, 0) is 37.5 Å². The molecule has 0 bridgehead atoms. The molecule has 1 aromatic carbocycles. The SMILES string of the molecule is CCCC(=O)N1CCC(NC(=O)c2cccc(N(C)C)c2)CC1. The maximum Gasteiger partial charge on any atom is 0.251 e.